The first-order valence-electron chi connectivity index (χ1n) is 6.37. The second-order valence-corrected chi connectivity index (χ2v) is 4.73. The highest BCUT2D eigenvalue weighted by atomic mass is 19.1. The number of anilines is 1. The van der Waals surface area contributed by atoms with Gasteiger partial charge in [-0.25, -0.2) is 4.39 Å². The largest absolute Gasteiger partial charge is 0.381 e. The van der Waals surface area contributed by atoms with E-state index in [2.05, 4.69) is 5.32 Å². The van der Waals surface area contributed by atoms with Crippen molar-refractivity contribution in [2.45, 2.75) is 6.54 Å². The maximum absolute atomic E-state index is 13.5. The van der Waals surface area contributed by atoms with Crippen LogP contribution in [0.3, 0.4) is 0 Å². The van der Waals surface area contributed by atoms with E-state index < -0.39 is 0 Å². The Bertz CT molecular complexity index is 611. The molecule has 2 aromatic carbocycles. The predicted molar refractivity (Wildman–Crippen MR) is 78.2 cm³/mol. The third kappa shape index (κ3) is 3.35. The number of hydrogen-bond donors (Lipinski definition) is 1. The smallest absolute Gasteiger partial charge is 0.253 e. The van der Waals surface area contributed by atoms with Crippen LogP contribution in [0.1, 0.15) is 15.9 Å². The summed E-state index contributed by atoms with van der Waals surface area (Å²) in [6, 6.07) is 13.8. The first kappa shape index (κ1) is 14.1. The predicted octanol–water partition coefficient (Wildman–Crippen LogP) is 3.14. The fourth-order valence-corrected chi connectivity index (χ4v) is 1.86. The Hall–Kier alpha value is -2.36. The summed E-state index contributed by atoms with van der Waals surface area (Å²) in [5.74, 6) is -0.292. The summed E-state index contributed by atoms with van der Waals surface area (Å²) >= 11 is 0. The van der Waals surface area contributed by atoms with Crippen molar-refractivity contribution in [1.82, 2.24) is 4.90 Å². The van der Waals surface area contributed by atoms with E-state index in [9.17, 15) is 9.18 Å². The first-order valence-corrected chi connectivity index (χ1v) is 6.37. The number of amides is 1. The second kappa shape index (κ2) is 6.19. The van der Waals surface area contributed by atoms with Crippen LogP contribution in [0.5, 0.6) is 0 Å². The van der Waals surface area contributed by atoms with Crippen molar-refractivity contribution in [3.8, 4) is 0 Å². The van der Waals surface area contributed by atoms with Crippen molar-refractivity contribution in [2.75, 3.05) is 19.4 Å². The number of nitrogens with zero attached hydrogens (tertiary/aromatic N) is 1. The van der Waals surface area contributed by atoms with Gasteiger partial charge in [0.25, 0.3) is 5.91 Å². The molecular weight excluding hydrogens is 255 g/mol. The molecular formula is C16H17FN2O. The maximum Gasteiger partial charge on any atom is 0.253 e. The molecule has 0 spiro atoms. The number of carbonyl (C=O) groups is 1. The standard InChI is InChI=1S/C16H17FN2O/c1-19(2)16(20)12-7-5-8-14(10-12)18-11-13-6-3-4-9-15(13)17/h3-10,18H,11H2,1-2H3. The minimum absolute atomic E-state index is 0.0560. The van der Waals surface area contributed by atoms with E-state index in [1.807, 2.05) is 6.07 Å². The van der Waals surface area contributed by atoms with Crippen LogP contribution in [0.15, 0.2) is 48.5 Å². The van der Waals surface area contributed by atoms with Crippen molar-refractivity contribution in [2.24, 2.45) is 0 Å². The molecule has 0 aliphatic heterocycles. The Balaban J connectivity index is 2.09. The topological polar surface area (TPSA) is 32.3 Å². The van der Waals surface area contributed by atoms with Crippen molar-refractivity contribution in [3.05, 3.63) is 65.5 Å². The highest BCUT2D eigenvalue weighted by Crippen LogP contribution is 2.14. The molecule has 0 aliphatic carbocycles. The number of hydrogen-bond acceptors (Lipinski definition) is 2. The second-order valence-electron chi connectivity index (χ2n) is 4.73. The Morgan fingerprint density at radius 3 is 2.60 bits per heavy atom. The quantitative estimate of drug-likeness (QED) is 0.927. The fraction of sp³-hybridized carbons (Fsp3) is 0.188. The number of carbonyl (C=O) groups excluding carboxylic acids is 1. The van der Waals surface area contributed by atoms with E-state index in [1.54, 1.807) is 50.5 Å². The number of halogens is 1. The van der Waals surface area contributed by atoms with Gasteiger partial charge in [0.2, 0.25) is 0 Å². The minimum Gasteiger partial charge on any atom is -0.381 e. The van der Waals surface area contributed by atoms with Crippen LogP contribution in [0, 0.1) is 5.82 Å². The lowest BCUT2D eigenvalue weighted by atomic mass is 10.1. The molecule has 0 radical (unpaired) electrons. The zero-order chi connectivity index (χ0) is 14.5. The first-order chi connectivity index (χ1) is 9.58. The molecule has 0 unspecified atom stereocenters. The molecule has 3 nitrogen and oxygen atoms in total. The van der Waals surface area contributed by atoms with Gasteiger partial charge in [-0.1, -0.05) is 24.3 Å². The lowest BCUT2D eigenvalue weighted by molar-refractivity contribution is 0.0827. The molecule has 0 heterocycles. The van der Waals surface area contributed by atoms with Gasteiger partial charge in [0.05, 0.1) is 0 Å². The van der Waals surface area contributed by atoms with E-state index in [0.717, 1.165) is 5.69 Å². The summed E-state index contributed by atoms with van der Waals surface area (Å²) in [7, 11) is 3.42. The molecule has 20 heavy (non-hydrogen) atoms. The zero-order valence-corrected chi connectivity index (χ0v) is 11.6. The SMILES string of the molecule is CN(C)C(=O)c1cccc(NCc2ccccc2F)c1. The van der Waals surface area contributed by atoms with Gasteiger partial charge >= 0.3 is 0 Å². The summed E-state index contributed by atoms with van der Waals surface area (Å²) in [6.45, 7) is 0.381. The zero-order valence-electron chi connectivity index (χ0n) is 11.6. The third-order valence-electron chi connectivity index (χ3n) is 2.96. The van der Waals surface area contributed by atoms with Crippen LogP contribution in [0.2, 0.25) is 0 Å². The van der Waals surface area contributed by atoms with Crippen LogP contribution in [-0.4, -0.2) is 24.9 Å². The lowest BCUT2D eigenvalue weighted by Gasteiger charge is -2.12. The molecule has 104 valence electrons. The normalized spacial score (nSPS) is 10.2. The highest BCUT2D eigenvalue weighted by molar-refractivity contribution is 5.94. The van der Waals surface area contributed by atoms with E-state index in [-0.39, 0.29) is 11.7 Å². The van der Waals surface area contributed by atoms with Crippen molar-refractivity contribution >= 4 is 11.6 Å². The summed E-state index contributed by atoms with van der Waals surface area (Å²) in [5, 5.41) is 3.13. The summed E-state index contributed by atoms with van der Waals surface area (Å²) < 4.78 is 13.5. The molecule has 2 aromatic rings. The highest BCUT2D eigenvalue weighted by Gasteiger charge is 2.08. The van der Waals surface area contributed by atoms with Gasteiger partial charge in [-0.05, 0) is 24.3 Å². The summed E-state index contributed by atoms with van der Waals surface area (Å²) in [4.78, 5) is 13.4. The number of benzene rings is 2. The third-order valence-corrected chi connectivity index (χ3v) is 2.96. The van der Waals surface area contributed by atoms with E-state index in [4.69, 9.17) is 0 Å². The van der Waals surface area contributed by atoms with Crippen LogP contribution >= 0.6 is 0 Å². The molecule has 0 aliphatic rings. The van der Waals surface area contributed by atoms with Crippen LogP contribution in [0.4, 0.5) is 10.1 Å². The Morgan fingerprint density at radius 2 is 1.90 bits per heavy atom. The van der Waals surface area contributed by atoms with E-state index in [1.165, 1.54) is 11.0 Å². The van der Waals surface area contributed by atoms with Crippen molar-refractivity contribution in [3.63, 3.8) is 0 Å². The lowest BCUT2D eigenvalue weighted by Crippen LogP contribution is -2.21. The Morgan fingerprint density at radius 1 is 1.15 bits per heavy atom. The van der Waals surface area contributed by atoms with Gasteiger partial charge in [0.15, 0.2) is 0 Å². The van der Waals surface area contributed by atoms with Crippen LogP contribution in [-0.2, 0) is 6.54 Å². The molecule has 0 fully saturated rings. The summed E-state index contributed by atoms with van der Waals surface area (Å²) in [6.07, 6.45) is 0. The van der Waals surface area contributed by atoms with Gasteiger partial charge in [-0.3, -0.25) is 4.79 Å². The Kier molecular flexibility index (Phi) is 4.35. The van der Waals surface area contributed by atoms with E-state index >= 15 is 0 Å². The maximum atomic E-state index is 13.5. The molecule has 0 saturated carbocycles. The van der Waals surface area contributed by atoms with Gasteiger partial charge < -0.3 is 10.2 Å². The molecule has 0 bridgehead atoms. The van der Waals surface area contributed by atoms with Crippen LogP contribution in [0.25, 0.3) is 0 Å². The van der Waals surface area contributed by atoms with Gasteiger partial charge in [-0.2, -0.15) is 0 Å². The average Bonchev–Trinajstić information content (AvgIpc) is 2.46. The van der Waals surface area contributed by atoms with Gasteiger partial charge in [-0.15, -0.1) is 0 Å². The molecule has 1 N–H and O–H groups in total. The average molecular weight is 272 g/mol. The molecule has 1 amide bonds. The van der Waals surface area contributed by atoms with Crippen molar-refractivity contribution in [1.29, 1.82) is 0 Å². The molecule has 0 atom stereocenters. The van der Waals surface area contributed by atoms with Gasteiger partial charge in [0.1, 0.15) is 5.82 Å². The van der Waals surface area contributed by atoms with E-state index in [0.29, 0.717) is 17.7 Å². The molecule has 0 aromatic heterocycles. The van der Waals surface area contributed by atoms with Crippen LogP contribution < -0.4 is 5.32 Å². The summed E-state index contributed by atoms with van der Waals surface area (Å²) in [5.41, 5.74) is 1.99. The van der Waals surface area contributed by atoms with Gasteiger partial charge in [0, 0.05) is 37.5 Å². The number of rotatable bonds is 4. The monoisotopic (exact) mass is 272 g/mol. The fourth-order valence-electron chi connectivity index (χ4n) is 1.86. The molecule has 0 saturated heterocycles. The van der Waals surface area contributed by atoms with Crippen molar-refractivity contribution < 1.29 is 9.18 Å². The minimum atomic E-state index is -0.236. The number of nitrogens with one attached hydrogen (secondary N) is 1. The Labute approximate surface area is 118 Å². The molecule has 4 heteroatoms. The molecule has 2 rings (SSSR count).